The molecule has 0 saturated carbocycles. The fourth-order valence-corrected chi connectivity index (χ4v) is 2.41. The van der Waals surface area contributed by atoms with E-state index in [1.54, 1.807) is 31.2 Å². The van der Waals surface area contributed by atoms with Gasteiger partial charge in [0.15, 0.2) is 18.1 Å². The van der Waals surface area contributed by atoms with E-state index in [-0.39, 0.29) is 12.2 Å². The molecule has 1 N–H and O–H groups in total. The number of benzene rings is 2. The van der Waals surface area contributed by atoms with Crippen LogP contribution in [0.15, 0.2) is 53.3 Å². The number of nitrogens with one attached hydrogen (secondary N) is 1. The second-order valence-corrected chi connectivity index (χ2v) is 5.87. The molecule has 1 unspecified atom stereocenters. The number of amides is 1. The number of ether oxygens (including phenoxy) is 2. The van der Waals surface area contributed by atoms with E-state index in [9.17, 15) is 14.4 Å². The number of hydrogen-bond donors (Lipinski definition) is 1. The first kappa shape index (κ1) is 19.1. The van der Waals surface area contributed by atoms with Crippen LogP contribution in [0.5, 0.6) is 0 Å². The highest BCUT2D eigenvalue weighted by atomic mass is 16.5. The van der Waals surface area contributed by atoms with Crippen molar-refractivity contribution in [1.29, 1.82) is 0 Å². The molecular formula is C20H18N2O6. The summed E-state index contributed by atoms with van der Waals surface area (Å²) in [6, 6.07) is 10.9. The van der Waals surface area contributed by atoms with Crippen LogP contribution in [0.25, 0.3) is 11.1 Å². The lowest BCUT2D eigenvalue weighted by Gasteiger charge is -2.13. The second-order valence-electron chi connectivity index (χ2n) is 5.87. The summed E-state index contributed by atoms with van der Waals surface area (Å²) in [5.74, 6) is -1.59. The predicted octanol–water partition coefficient (Wildman–Crippen LogP) is 3.19. The van der Waals surface area contributed by atoms with Crippen molar-refractivity contribution in [3.05, 3.63) is 60.0 Å². The molecule has 0 aliphatic heterocycles. The first-order valence-corrected chi connectivity index (χ1v) is 8.60. The van der Waals surface area contributed by atoms with Gasteiger partial charge in [-0.15, -0.1) is 0 Å². The van der Waals surface area contributed by atoms with Crippen LogP contribution >= 0.6 is 0 Å². The van der Waals surface area contributed by atoms with Crippen LogP contribution in [0.2, 0.25) is 0 Å². The number of rotatable bonds is 6. The smallest absolute Gasteiger partial charge is 0.339 e. The summed E-state index contributed by atoms with van der Waals surface area (Å²) in [7, 11) is 0. The summed E-state index contributed by atoms with van der Waals surface area (Å²) in [5, 5.41) is 2.63. The normalized spacial score (nSPS) is 11.6. The Bertz CT molecular complexity index is 1010. The minimum absolute atomic E-state index is 0.252. The monoisotopic (exact) mass is 382 g/mol. The number of carbonyl (C=O) groups is 3. The van der Waals surface area contributed by atoms with Crippen LogP contribution in [0.1, 0.15) is 34.6 Å². The molecule has 8 nitrogen and oxygen atoms in total. The number of carbonyl (C=O) groups excluding carboxylic acids is 3. The van der Waals surface area contributed by atoms with E-state index in [1.807, 2.05) is 0 Å². The molecule has 0 aliphatic rings. The van der Waals surface area contributed by atoms with Crippen LogP contribution in [-0.4, -0.2) is 35.5 Å². The standard InChI is InChI=1S/C20H18N2O6/c1-3-26-19(24)13-4-7-15(8-5-13)22-18(23)12(2)28-20(25)14-6-9-16-17(10-14)27-11-21-16/h4-12H,3H2,1-2H3,(H,22,23). The van der Waals surface area contributed by atoms with Gasteiger partial charge in [0.25, 0.3) is 5.91 Å². The molecule has 0 fully saturated rings. The van der Waals surface area contributed by atoms with Gasteiger partial charge in [-0.05, 0) is 56.3 Å². The summed E-state index contributed by atoms with van der Waals surface area (Å²) in [4.78, 5) is 40.1. The molecule has 3 aromatic rings. The van der Waals surface area contributed by atoms with Gasteiger partial charge in [0.05, 0.1) is 17.7 Å². The topological polar surface area (TPSA) is 108 Å². The number of esters is 2. The Labute approximate surface area is 160 Å². The average Bonchev–Trinajstić information content (AvgIpc) is 3.16. The molecule has 8 heteroatoms. The molecule has 3 rings (SSSR count). The Morgan fingerprint density at radius 2 is 1.79 bits per heavy atom. The molecule has 1 amide bonds. The third-order valence-electron chi connectivity index (χ3n) is 3.88. The number of nitrogens with zero attached hydrogens (tertiary/aromatic N) is 1. The van der Waals surface area contributed by atoms with Crippen molar-refractivity contribution < 1.29 is 28.3 Å². The zero-order valence-corrected chi connectivity index (χ0v) is 15.3. The first-order chi connectivity index (χ1) is 13.5. The largest absolute Gasteiger partial charge is 0.462 e. The van der Waals surface area contributed by atoms with E-state index in [2.05, 4.69) is 10.3 Å². The number of hydrogen-bond acceptors (Lipinski definition) is 7. The van der Waals surface area contributed by atoms with E-state index < -0.39 is 23.9 Å². The lowest BCUT2D eigenvalue weighted by atomic mass is 10.2. The van der Waals surface area contributed by atoms with Gasteiger partial charge in [0.2, 0.25) is 0 Å². The number of fused-ring (bicyclic) bond motifs is 1. The summed E-state index contributed by atoms with van der Waals surface area (Å²) in [5.41, 5.74) is 2.16. The molecule has 0 saturated heterocycles. The Kier molecular flexibility index (Phi) is 5.69. The van der Waals surface area contributed by atoms with E-state index >= 15 is 0 Å². The molecule has 1 heterocycles. The van der Waals surface area contributed by atoms with Crippen molar-refractivity contribution in [3.8, 4) is 0 Å². The Hall–Kier alpha value is -3.68. The van der Waals surface area contributed by atoms with Crippen LogP contribution in [0.4, 0.5) is 5.69 Å². The van der Waals surface area contributed by atoms with Crippen molar-refractivity contribution in [2.24, 2.45) is 0 Å². The molecule has 1 aromatic heterocycles. The van der Waals surface area contributed by atoms with Gasteiger partial charge in [-0.3, -0.25) is 4.79 Å². The van der Waals surface area contributed by atoms with Crippen LogP contribution < -0.4 is 5.32 Å². The van der Waals surface area contributed by atoms with Gasteiger partial charge in [0, 0.05) is 5.69 Å². The molecule has 0 aliphatic carbocycles. The zero-order valence-electron chi connectivity index (χ0n) is 15.3. The maximum Gasteiger partial charge on any atom is 0.339 e. The van der Waals surface area contributed by atoms with E-state index in [4.69, 9.17) is 13.9 Å². The van der Waals surface area contributed by atoms with Gasteiger partial charge < -0.3 is 19.2 Å². The average molecular weight is 382 g/mol. The Morgan fingerprint density at radius 3 is 2.50 bits per heavy atom. The molecule has 0 bridgehead atoms. The molecule has 0 spiro atoms. The van der Waals surface area contributed by atoms with E-state index in [0.717, 1.165) is 0 Å². The Morgan fingerprint density at radius 1 is 1.07 bits per heavy atom. The van der Waals surface area contributed by atoms with Gasteiger partial charge in [-0.1, -0.05) is 0 Å². The van der Waals surface area contributed by atoms with Crippen LogP contribution in [0.3, 0.4) is 0 Å². The maximum atomic E-state index is 12.3. The third kappa shape index (κ3) is 4.35. The summed E-state index contributed by atoms with van der Waals surface area (Å²) in [6.07, 6.45) is 0.256. The lowest BCUT2D eigenvalue weighted by molar-refractivity contribution is -0.123. The van der Waals surface area contributed by atoms with Crippen molar-refractivity contribution in [1.82, 2.24) is 4.98 Å². The lowest BCUT2D eigenvalue weighted by Crippen LogP contribution is -2.30. The second kappa shape index (κ2) is 8.34. The van der Waals surface area contributed by atoms with E-state index in [1.165, 1.54) is 31.5 Å². The van der Waals surface area contributed by atoms with Crippen molar-refractivity contribution in [3.63, 3.8) is 0 Å². The minimum Gasteiger partial charge on any atom is -0.462 e. The molecule has 28 heavy (non-hydrogen) atoms. The van der Waals surface area contributed by atoms with E-state index in [0.29, 0.717) is 22.4 Å². The quantitative estimate of drug-likeness (QED) is 0.652. The SMILES string of the molecule is CCOC(=O)c1ccc(NC(=O)C(C)OC(=O)c2ccc3ncoc3c2)cc1. The molecule has 0 radical (unpaired) electrons. The van der Waals surface area contributed by atoms with Gasteiger partial charge in [-0.2, -0.15) is 0 Å². The van der Waals surface area contributed by atoms with Gasteiger partial charge in [0.1, 0.15) is 5.52 Å². The molecule has 2 aromatic carbocycles. The van der Waals surface area contributed by atoms with Crippen molar-refractivity contribution in [2.45, 2.75) is 20.0 Å². The maximum absolute atomic E-state index is 12.3. The molecule has 144 valence electrons. The highest BCUT2D eigenvalue weighted by molar-refractivity contribution is 5.98. The van der Waals surface area contributed by atoms with Gasteiger partial charge in [-0.25, -0.2) is 14.6 Å². The summed E-state index contributed by atoms with van der Waals surface area (Å²) < 4.78 is 15.3. The zero-order chi connectivity index (χ0) is 20.1. The number of anilines is 1. The fourth-order valence-electron chi connectivity index (χ4n) is 2.41. The predicted molar refractivity (Wildman–Crippen MR) is 99.9 cm³/mol. The highest BCUT2D eigenvalue weighted by Gasteiger charge is 2.20. The minimum atomic E-state index is -1.03. The fraction of sp³-hybridized carbons (Fsp3) is 0.200. The third-order valence-corrected chi connectivity index (χ3v) is 3.88. The van der Waals surface area contributed by atoms with Crippen molar-refractivity contribution >= 4 is 34.6 Å². The molecule has 1 atom stereocenters. The number of aromatic nitrogens is 1. The number of oxazole rings is 1. The van der Waals surface area contributed by atoms with Crippen LogP contribution in [0, 0.1) is 0 Å². The van der Waals surface area contributed by atoms with Crippen molar-refractivity contribution in [2.75, 3.05) is 11.9 Å². The summed E-state index contributed by atoms with van der Waals surface area (Å²) in [6.45, 7) is 3.47. The summed E-state index contributed by atoms with van der Waals surface area (Å²) >= 11 is 0. The molecular weight excluding hydrogens is 364 g/mol. The Balaban J connectivity index is 1.59. The van der Waals surface area contributed by atoms with Crippen LogP contribution in [-0.2, 0) is 14.3 Å². The van der Waals surface area contributed by atoms with Gasteiger partial charge >= 0.3 is 11.9 Å². The first-order valence-electron chi connectivity index (χ1n) is 8.60. The highest BCUT2D eigenvalue weighted by Crippen LogP contribution is 2.16.